The van der Waals surface area contributed by atoms with Crippen LogP contribution in [0.1, 0.15) is 27.6 Å². The van der Waals surface area contributed by atoms with Crippen LogP contribution in [0.15, 0.2) is 55.1 Å². The number of benzene rings is 2. The summed E-state index contributed by atoms with van der Waals surface area (Å²) in [4.78, 5) is 37.1. The molecule has 0 aromatic heterocycles. The Morgan fingerprint density at radius 1 is 1.30 bits per heavy atom. The first kappa shape index (κ1) is 18.4. The molecule has 2 aromatic rings. The van der Waals surface area contributed by atoms with Crippen LogP contribution < -0.4 is 14.4 Å². The highest BCUT2D eigenvalue weighted by molar-refractivity contribution is 6.03. The van der Waals surface area contributed by atoms with Crippen LogP contribution in [0.5, 0.6) is 11.5 Å². The van der Waals surface area contributed by atoms with Gasteiger partial charge in [-0.15, -0.1) is 6.58 Å². The number of anilines is 1. The first-order valence-corrected chi connectivity index (χ1v) is 8.47. The Morgan fingerprint density at radius 2 is 2.04 bits per heavy atom. The van der Waals surface area contributed by atoms with Gasteiger partial charge in [0, 0.05) is 17.7 Å². The van der Waals surface area contributed by atoms with Crippen molar-refractivity contribution in [2.75, 3.05) is 18.1 Å². The minimum Gasteiger partial charge on any atom is -0.483 e. The van der Waals surface area contributed by atoms with E-state index in [1.54, 1.807) is 55.5 Å². The first-order valence-electron chi connectivity index (χ1n) is 8.47. The predicted octanol–water partition coefficient (Wildman–Crippen LogP) is 3.06. The molecule has 1 aliphatic heterocycles. The quantitative estimate of drug-likeness (QED) is 0.428. The van der Waals surface area contributed by atoms with Crippen molar-refractivity contribution >= 4 is 23.7 Å². The van der Waals surface area contributed by atoms with Gasteiger partial charge in [-0.2, -0.15) is 0 Å². The molecule has 3 rings (SSSR count). The second-order valence-electron chi connectivity index (χ2n) is 6.08. The summed E-state index contributed by atoms with van der Waals surface area (Å²) in [7, 11) is 0. The molecule has 0 radical (unpaired) electrons. The average molecular weight is 365 g/mol. The number of hydrogen-bond donors (Lipinski definition) is 0. The molecule has 0 aliphatic carbocycles. The summed E-state index contributed by atoms with van der Waals surface area (Å²) in [6.45, 7) is 5.61. The van der Waals surface area contributed by atoms with E-state index in [9.17, 15) is 14.4 Å². The molecule has 0 N–H and O–H groups in total. The van der Waals surface area contributed by atoms with E-state index in [0.717, 1.165) is 6.29 Å². The number of amides is 1. The van der Waals surface area contributed by atoms with E-state index in [1.807, 2.05) is 0 Å². The van der Waals surface area contributed by atoms with Crippen LogP contribution in [0, 0.1) is 0 Å². The van der Waals surface area contributed by atoms with Crippen molar-refractivity contribution in [3.8, 4) is 11.5 Å². The number of carbonyl (C=O) groups is 3. The fourth-order valence-corrected chi connectivity index (χ4v) is 2.80. The van der Waals surface area contributed by atoms with Crippen molar-refractivity contribution in [2.24, 2.45) is 0 Å². The third kappa shape index (κ3) is 3.89. The molecule has 1 atom stereocenters. The van der Waals surface area contributed by atoms with Crippen LogP contribution in [-0.4, -0.2) is 37.2 Å². The molecule has 27 heavy (non-hydrogen) atoms. The van der Waals surface area contributed by atoms with E-state index in [1.165, 1.54) is 4.90 Å². The maximum Gasteiger partial charge on any atom is 0.265 e. The van der Waals surface area contributed by atoms with Crippen LogP contribution in [0.25, 0.3) is 0 Å². The zero-order valence-corrected chi connectivity index (χ0v) is 14.9. The highest BCUT2D eigenvalue weighted by Gasteiger charge is 2.27. The number of Topliss-reactive ketones (excluding diaryl/α,β-unsaturated/α-hetero) is 1. The van der Waals surface area contributed by atoms with Crippen molar-refractivity contribution in [2.45, 2.75) is 13.0 Å². The van der Waals surface area contributed by atoms with Gasteiger partial charge in [-0.05, 0) is 49.4 Å². The average Bonchev–Trinajstić information content (AvgIpc) is 2.70. The van der Waals surface area contributed by atoms with E-state index in [0.29, 0.717) is 34.9 Å². The number of hydrogen-bond acceptors (Lipinski definition) is 5. The summed E-state index contributed by atoms with van der Waals surface area (Å²) in [5.41, 5.74) is 1.49. The summed E-state index contributed by atoms with van der Waals surface area (Å²) in [5.74, 6) is 0.623. The van der Waals surface area contributed by atoms with Gasteiger partial charge < -0.3 is 14.4 Å². The highest BCUT2D eigenvalue weighted by Crippen LogP contribution is 2.33. The SMILES string of the molecule is C=CCN1C(=O)COc2ccc(C(=O)C(C)Oc3ccc(C=O)cc3)cc21. The number of nitrogens with zero attached hydrogens (tertiary/aromatic N) is 1. The fraction of sp³-hybridized carbons (Fsp3) is 0.190. The lowest BCUT2D eigenvalue weighted by molar-refractivity contribution is -0.121. The van der Waals surface area contributed by atoms with Crippen molar-refractivity contribution in [3.63, 3.8) is 0 Å². The van der Waals surface area contributed by atoms with E-state index < -0.39 is 6.10 Å². The smallest absolute Gasteiger partial charge is 0.265 e. The van der Waals surface area contributed by atoms with E-state index >= 15 is 0 Å². The normalized spacial score (nSPS) is 14.0. The van der Waals surface area contributed by atoms with E-state index in [2.05, 4.69) is 6.58 Å². The molecule has 2 aromatic carbocycles. The second-order valence-corrected chi connectivity index (χ2v) is 6.08. The molecule has 6 nitrogen and oxygen atoms in total. The van der Waals surface area contributed by atoms with Crippen molar-refractivity contribution in [1.82, 2.24) is 0 Å². The Hall–Kier alpha value is -3.41. The van der Waals surface area contributed by atoms with Gasteiger partial charge >= 0.3 is 0 Å². The maximum atomic E-state index is 12.8. The zero-order chi connectivity index (χ0) is 19.4. The molecule has 1 aliphatic rings. The van der Waals surface area contributed by atoms with Gasteiger partial charge in [-0.25, -0.2) is 0 Å². The molecule has 0 spiro atoms. The molecule has 0 bridgehead atoms. The molecular formula is C21H19NO5. The fourth-order valence-electron chi connectivity index (χ4n) is 2.80. The molecule has 0 saturated carbocycles. The summed E-state index contributed by atoms with van der Waals surface area (Å²) >= 11 is 0. The lowest BCUT2D eigenvalue weighted by atomic mass is 10.0. The minimum absolute atomic E-state index is 0.0373. The van der Waals surface area contributed by atoms with Crippen LogP contribution in [0.2, 0.25) is 0 Å². The van der Waals surface area contributed by atoms with Crippen LogP contribution in [-0.2, 0) is 4.79 Å². The topological polar surface area (TPSA) is 72.9 Å². The molecular weight excluding hydrogens is 346 g/mol. The molecule has 1 unspecified atom stereocenters. The number of aldehydes is 1. The molecule has 0 fully saturated rings. The Bertz CT molecular complexity index is 888. The van der Waals surface area contributed by atoms with Crippen LogP contribution >= 0.6 is 0 Å². The molecule has 138 valence electrons. The minimum atomic E-state index is -0.738. The molecule has 0 saturated heterocycles. The van der Waals surface area contributed by atoms with Crippen LogP contribution in [0.4, 0.5) is 5.69 Å². The Kier molecular flexibility index (Phi) is 5.35. The monoisotopic (exact) mass is 365 g/mol. The third-order valence-corrected chi connectivity index (χ3v) is 4.20. The molecule has 6 heteroatoms. The van der Waals surface area contributed by atoms with Gasteiger partial charge in [0.15, 0.2) is 12.7 Å². The number of ketones is 1. The van der Waals surface area contributed by atoms with Crippen LogP contribution in [0.3, 0.4) is 0 Å². The molecule has 1 heterocycles. The largest absolute Gasteiger partial charge is 0.483 e. The first-order chi connectivity index (χ1) is 13.0. The Morgan fingerprint density at radius 3 is 2.70 bits per heavy atom. The van der Waals surface area contributed by atoms with Crippen molar-refractivity contribution < 1.29 is 23.9 Å². The third-order valence-electron chi connectivity index (χ3n) is 4.20. The Balaban J connectivity index is 1.80. The number of ether oxygens (including phenoxy) is 2. The number of rotatable bonds is 7. The van der Waals surface area contributed by atoms with Gasteiger partial charge in [0.2, 0.25) is 5.78 Å². The number of carbonyl (C=O) groups excluding carboxylic acids is 3. The van der Waals surface area contributed by atoms with Crippen molar-refractivity contribution in [3.05, 3.63) is 66.2 Å². The Labute approximate surface area is 157 Å². The standard InChI is InChI=1S/C21H19NO5/c1-3-10-22-18-11-16(6-9-19(18)26-13-20(22)24)21(25)14(2)27-17-7-4-15(12-23)5-8-17/h3-9,11-12,14H,1,10,13H2,2H3. The van der Waals surface area contributed by atoms with Gasteiger partial charge in [0.1, 0.15) is 17.8 Å². The van der Waals surface area contributed by atoms with Gasteiger partial charge in [-0.3, -0.25) is 14.4 Å². The van der Waals surface area contributed by atoms with Gasteiger partial charge in [0.25, 0.3) is 5.91 Å². The maximum absolute atomic E-state index is 12.8. The zero-order valence-electron chi connectivity index (χ0n) is 14.9. The van der Waals surface area contributed by atoms with Crippen molar-refractivity contribution in [1.29, 1.82) is 0 Å². The lowest BCUT2D eigenvalue weighted by Gasteiger charge is -2.29. The highest BCUT2D eigenvalue weighted by atomic mass is 16.5. The van der Waals surface area contributed by atoms with Gasteiger partial charge in [0.05, 0.1) is 5.69 Å². The summed E-state index contributed by atoms with van der Waals surface area (Å²) in [6, 6.07) is 11.5. The summed E-state index contributed by atoms with van der Waals surface area (Å²) < 4.78 is 11.1. The molecule has 1 amide bonds. The summed E-state index contributed by atoms with van der Waals surface area (Å²) in [6.07, 6.45) is 1.62. The van der Waals surface area contributed by atoms with E-state index in [4.69, 9.17) is 9.47 Å². The summed E-state index contributed by atoms with van der Waals surface area (Å²) in [5, 5.41) is 0. The van der Waals surface area contributed by atoms with Gasteiger partial charge in [-0.1, -0.05) is 6.08 Å². The lowest BCUT2D eigenvalue weighted by Crippen LogP contribution is -2.39. The predicted molar refractivity (Wildman–Crippen MR) is 101 cm³/mol. The second kappa shape index (κ2) is 7.86. The number of fused-ring (bicyclic) bond motifs is 1. The van der Waals surface area contributed by atoms with E-state index in [-0.39, 0.29) is 18.3 Å².